The highest BCUT2D eigenvalue weighted by Gasteiger charge is 2.31. The maximum absolute atomic E-state index is 13.0. The van der Waals surface area contributed by atoms with Crippen LogP contribution in [-0.2, 0) is 10.0 Å². The lowest BCUT2D eigenvalue weighted by Crippen LogP contribution is -2.39. The topological polar surface area (TPSA) is 42.3 Å². The highest BCUT2D eigenvalue weighted by Crippen LogP contribution is 2.30. The zero-order valence-electron chi connectivity index (χ0n) is 14.9. The van der Waals surface area contributed by atoms with Gasteiger partial charge in [-0.3, -0.25) is 0 Å². The molecule has 4 nitrogen and oxygen atoms in total. The summed E-state index contributed by atoms with van der Waals surface area (Å²) in [5, 5.41) is 0. The van der Waals surface area contributed by atoms with Crippen molar-refractivity contribution in [3.05, 3.63) is 52.8 Å². The second kappa shape index (κ2) is 6.37. The lowest BCUT2D eigenvalue weighted by Gasteiger charge is -2.33. The second-order valence-electron chi connectivity index (χ2n) is 6.89. The van der Waals surface area contributed by atoms with E-state index in [1.54, 1.807) is 10.4 Å². The third-order valence-electron chi connectivity index (χ3n) is 5.06. The second-order valence-corrected chi connectivity index (χ2v) is 8.80. The summed E-state index contributed by atoms with van der Waals surface area (Å²) in [5.41, 5.74) is 4.42. The molecule has 1 aromatic carbocycles. The van der Waals surface area contributed by atoms with Gasteiger partial charge in [0.15, 0.2) is 0 Å². The molecule has 5 heteroatoms. The number of rotatable bonds is 3. The molecule has 0 saturated carbocycles. The average Bonchev–Trinajstić information content (AvgIpc) is 2.86. The molecule has 130 valence electrons. The monoisotopic (exact) mass is 346 g/mol. The van der Waals surface area contributed by atoms with Crippen molar-refractivity contribution >= 4 is 10.0 Å². The quantitative estimate of drug-likeness (QED) is 0.849. The van der Waals surface area contributed by atoms with E-state index in [0.717, 1.165) is 24.0 Å². The molecule has 2 aromatic rings. The van der Waals surface area contributed by atoms with E-state index < -0.39 is 10.0 Å². The predicted octanol–water partition coefficient (Wildman–Crippen LogP) is 3.75. The molecular formula is C19H26N2O2S. The number of sulfonamides is 1. The Morgan fingerprint density at radius 3 is 2.04 bits per heavy atom. The fourth-order valence-corrected chi connectivity index (χ4v) is 5.50. The summed E-state index contributed by atoms with van der Waals surface area (Å²) in [6, 6.07) is 10.2. The summed E-state index contributed by atoms with van der Waals surface area (Å²) in [6.45, 7) is 9.25. The van der Waals surface area contributed by atoms with E-state index in [9.17, 15) is 8.42 Å². The fourth-order valence-electron chi connectivity index (χ4n) is 3.82. The van der Waals surface area contributed by atoms with E-state index in [-0.39, 0.29) is 0 Å². The van der Waals surface area contributed by atoms with Crippen LogP contribution in [0.2, 0.25) is 0 Å². The van der Waals surface area contributed by atoms with Gasteiger partial charge in [-0.25, -0.2) is 8.42 Å². The Labute approximate surface area is 145 Å². The Bertz CT molecular complexity index is 825. The van der Waals surface area contributed by atoms with Gasteiger partial charge in [-0.15, -0.1) is 0 Å². The molecule has 1 fully saturated rings. The molecule has 1 aromatic heterocycles. The number of hydrogen-bond donors (Lipinski definition) is 0. The normalized spacial score (nSPS) is 17.3. The Morgan fingerprint density at radius 2 is 1.50 bits per heavy atom. The molecule has 0 unspecified atom stereocenters. The maximum atomic E-state index is 13.0. The Morgan fingerprint density at radius 1 is 0.917 bits per heavy atom. The summed E-state index contributed by atoms with van der Waals surface area (Å²) in [4.78, 5) is 0.444. The molecule has 2 heterocycles. The molecule has 0 aliphatic carbocycles. The molecule has 1 aliphatic heterocycles. The summed E-state index contributed by atoms with van der Waals surface area (Å²) < 4.78 is 29.9. The molecule has 0 N–H and O–H groups in total. The van der Waals surface area contributed by atoms with Crippen molar-refractivity contribution in [2.75, 3.05) is 13.1 Å². The van der Waals surface area contributed by atoms with Gasteiger partial charge in [-0.2, -0.15) is 4.31 Å². The van der Waals surface area contributed by atoms with Crippen molar-refractivity contribution in [1.82, 2.24) is 8.87 Å². The van der Waals surface area contributed by atoms with Crippen LogP contribution in [0.3, 0.4) is 0 Å². The number of aromatic nitrogens is 1. The van der Waals surface area contributed by atoms with Gasteiger partial charge in [0.1, 0.15) is 0 Å². The maximum Gasteiger partial charge on any atom is 0.243 e. The highest BCUT2D eigenvalue weighted by molar-refractivity contribution is 7.89. The molecule has 1 aliphatic rings. The summed E-state index contributed by atoms with van der Waals surface area (Å²) in [7, 11) is -3.40. The van der Waals surface area contributed by atoms with E-state index in [1.165, 1.54) is 11.4 Å². The largest absolute Gasteiger partial charge is 0.346 e. The van der Waals surface area contributed by atoms with Gasteiger partial charge in [0, 0.05) is 30.5 Å². The standard InChI is InChI=1S/C19H26N2O2S/c1-14-5-8-19(15(2)13-14)24(22,23)20-11-9-18(10-12-20)21-16(3)6-7-17(21)4/h5-8,13,18H,9-12H2,1-4H3. The van der Waals surface area contributed by atoms with Crippen molar-refractivity contribution in [2.24, 2.45) is 0 Å². The van der Waals surface area contributed by atoms with Gasteiger partial charge in [-0.05, 0) is 64.3 Å². The molecule has 0 amide bonds. The first kappa shape index (κ1) is 17.2. The van der Waals surface area contributed by atoms with Gasteiger partial charge < -0.3 is 4.57 Å². The van der Waals surface area contributed by atoms with Crippen molar-refractivity contribution in [1.29, 1.82) is 0 Å². The van der Waals surface area contributed by atoms with E-state index in [2.05, 4.69) is 30.5 Å². The first-order valence-electron chi connectivity index (χ1n) is 8.52. The van der Waals surface area contributed by atoms with E-state index in [4.69, 9.17) is 0 Å². The molecule has 24 heavy (non-hydrogen) atoms. The third kappa shape index (κ3) is 3.03. The van der Waals surface area contributed by atoms with Crippen LogP contribution in [0.15, 0.2) is 35.2 Å². The van der Waals surface area contributed by atoms with Crippen molar-refractivity contribution in [3.8, 4) is 0 Å². The molecular weight excluding hydrogens is 320 g/mol. The first-order valence-corrected chi connectivity index (χ1v) is 9.96. The first-order chi connectivity index (χ1) is 11.3. The molecule has 0 radical (unpaired) electrons. The van der Waals surface area contributed by atoms with E-state index in [0.29, 0.717) is 24.0 Å². The Balaban J connectivity index is 1.79. The van der Waals surface area contributed by atoms with Crippen LogP contribution in [0.25, 0.3) is 0 Å². The zero-order chi connectivity index (χ0) is 17.5. The van der Waals surface area contributed by atoms with Gasteiger partial charge in [-0.1, -0.05) is 17.7 Å². The zero-order valence-corrected chi connectivity index (χ0v) is 15.7. The van der Waals surface area contributed by atoms with Gasteiger partial charge in [0.2, 0.25) is 10.0 Å². The number of nitrogens with zero attached hydrogens (tertiary/aromatic N) is 2. The van der Waals surface area contributed by atoms with Gasteiger partial charge >= 0.3 is 0 Å². The van der Waals surface area contributed by atoms with Gasteiger partial charge in [0.05, 0.1) is 4.90 Å². The van der Waals surface area contributed by atoms with Crippen LogP contribution in [0.4, 0.5) is 0 Å². The van der Waals surface area contributed by atoms with Crippen LogP contribution in [0.5, 0.6) is 0 Å². The van der Waals surface area contributed by atoms with Gasteiger partial charge in [0.25, 0.3) is 0 Å². The average molecular weight is 346 g/mol. The summed E-state index contributed by atoms with van der Waals surface area (Å²) >= 11 is 0. The Kier molecular flexibility index (Phi) is 4.58. The van der Waals surface area contributed by atoms with Crippen LogP contribution in [0, 0.1) is 27.7 Å². The minimum absolute atomic E-state index is 0.394. The van der Waals surface area contributed by atoms with Crippen LogP contribution >= 0.6 is 0 Å². The molecule has 0 bridgehead atoms. The highest BCUT2D eigenvalue weighted by atomic mass is 32.2. The van der Waals surface area contributed by atoms with Crippen molar-refractivity contribution < 1.29 is 8.42 Å². The number of piperidine rings is 1. The minimum atomic E-state index is -3.40. The number of hydrogen-bond acceptors (Lipinski definition) is 2. The predicted molar refractivity (Wildman–Crippen MR) is 96.9 cm³/mol. The van der Waals surface area contributed by atoms with Crippen LogP contribution in [0.1, 0.15) is 41.4 Å². The van der Waals surface area contributed by atoms with E-state index >= 15 is 0 Å². The van der Waals surface area contributed by atoms with Crippen LogP contribution < -0.4 is 0 Å². The smallest absolute Gasteiger partial charge is 0.243 e. The summed E-state index contributed by atoms with van der Waals surface area (Å²) in [6.07, 6.45) is 1.72. The van der Waals surface area contributed by atoms with Crippen molar-refractivity contribution in [3.63, 3.8) is 0 Å². The minimum Gasteiger partial charge on any atom is -0.346 e. The lowest BCUT2D eigenvalue weighted by molar-refractivity contribution is 0.270. The SMILES string of the molecule is Cc1ccc(S(=O)(=O)N2CCC(n3c(C)ccc3C)CC2)c(C)c1. The lowest BCUT2D eigenvalue weighted by atomic mass is 10.1. The molecule has 0 spiro atoms. The molecule has 0 atom stereocenters. The number of benzene rings is 1. The molecule has 1 saturated heterocycles. The third-order valence-corrected chi connectivity index (χ3v) is 7.12. The number of aryl methyl sites for hydroxylation is 4. The van der Waals surface area contributed by atoms with Crippen molar-refractivity contribution in [2.45, 2.75) is 51.5 Å². The fraction of sp³-hybridized carbons (Fsp3) is 0.474. The Hall–Kier alpha value is -1.59. The van der Waals surface area contributed by atoms with E-state index in [1.807, 2.05) is 26.0 Å². The summed E-state index contributed by atoms with van der Waals surface area (Å²) in [5.74, 6) is 0. The molecule has 3 rings (SSSR count). The van der Waals surface area contributed by atoms with Crippen LogP contribution in [-0.4, -0.2) is 30.4 Å².